The Balaban J connectivity index is 2.28. The Morgan fingerprint density at radius 2 is 2.33 bits per heavy atom. The number of aliphatic hydroxyl groups is 1. The summed E-state index contributed by atoms with van der Waals surface area (Å²) in [4.78, 5) is 20.5. The number of carbonyl (C=O) groups excluding carboxylic acids is 1. The van der Waals surface area contributed by atoms with Crippen LogP contribution in [-0.4, -0.2) is 41.2 Å². The maximum Gasteiger partial charge on any atom is 0.424 e. The summed E-state index contributed by atoms with van der Waals surface area (Å²) in [6.07, 6.45) is -1.09. The van der Waals surface area contributed by atoms with Crippen LogP contribution in [-0.2, 0) is 14.6 Å². The normalized spacial score (nSPS) is 22.8. The maximum absolute atomic E-state index is 11.2. The minimum absolute atomic E-state index is 0.174. The fourth-order valence-corrected chi connectivity index (χ4v) is 0.914. The first kappa shape index (κ1) is 12.2. The summed E-state index contributed by atoms with van der Waals surface area (Å²) in [5.74, 6) is 0. The zero-order chi connectivity index (χ0) is 11.5. The van der Waals surface area contributed by atoms with Gasteiger partial charge in [0.05, 0.1) is 13.2 Å². The van der Waals surface area contributed by atoms with Gasteiger partial charge in [-0.2, -0.15) is 0 Å². The summed E-state index contributed by atoms with van der Waals surface area (Å²) >= 11 is 0. The molecule has 0 aliphatic carbocycles. The van der Waals surface area contributed by atoms with E-state index in [1.165, 1.54) is 0 Å². The molecule has 1 saturated heterocycles. The molecule has 1 fully saturated rings. The zero-order valence-corrected chi connectivity index (χ0v) is 9.02. The quantitative estimate of drug-likeness (QED) is 0.636. The number of nitrogens with zero attached hydrogens (tertiary/aromatic N) is 1. The molecule has 0 saturated carbocycles. The molecule has 1 unspecified atom stereocenters. The van der Waals surface area contributed by atoms with Crippen molar-refractivity contribution in [3.05, 3.63) is 0 Å². The number of ether oxygens (including phenoxy) is 1. The fraction of sp³-hybridized carbons (Fsp3) is 0.875. The van der Waals surface area contributed by atoms with E-state index in [2.05, 4.69) is 15.3 Å². The average molecular weight is 220 g/mol. The van der Waals surface area contributed by atoms with Crippen LogP contribution in [0.1, 0.15) is 20.8 Å². The van der Waals surface area contributed by atoms with Crippen molar-refractivity contribution in [2.45, 2.75) is 32.5 Å². The molecule has 88 valence electrons. The van der Waals surface area contributed by atoms with Crippen molar-refractivity contribution in [2.75, 3.05) is 13.2 Å². The Morgan fingerprint density at radius 1 is 1.67 bits per heavy atom. The highest BCUT2D eigenvalue weighted by atomic mass is 17.3. The van der Waals surface area contributed by atoms with Gasteiger partial charge in [0.25, 0.3) is 0 Å². The van der Waals surface area contributed by atoms with Gasteiger partial charge >= 0.3 is 6.09 Å². The first-order chi connectivity index (χ1) is 6.90. The van der Waals surface area contributed by atoms with Crippen molar-refractivity contribution in [1.29, 1.82) is 0 Å². The molecule has 15 heavy (non-hydrogen) atoms. The molecule has 1 atom stereocenters. The van der Waals surface area contributed by atoms with Crippen molar-refractivity contribution in [3.8, 4) is 0 Å². The number of carbonyl (C=O) groups is 1. The van der Waals surface area contributed by atoms with Crippen molar-refractivity contribution in [2.24, 2.45) is 0 Å². The first-order valence-electron chi connectivity index (χ1n) is 4.62. The van der Waals surface area contributed by atoms with Gasteiger partial charge in [-0.15, -0.1) is 4.99 Å². The van der Waals surface area contributed by atoms with Crippen molar-refractivity contribution in [1.82, 2.24) is 10.6 Å². The average Bonchev–Trinajstić information content (AvgIpc) is 2.48. The van der Waals surface area contributed by atoms with E-state index in [4.69, 9.17) is 9.84 Å². The minimum Gasteiger partial charge on any atom is -0.443 e. The Kier molecular flexibility index (Phi) is 3.86. The number of hydroxylamine groups is 1. The minimum atomic E-state index is -0.635. The number of aliphatic hydroxyl groups excluding tert-OH is 1. The van der Waals surface area contributed by atoms with Gasteiger partial charge in [0.2, 0.25) is 0 Å². The number of hydrogen-bond acceptors (Lipinski definition) is 6. The molecule has 7 heteroatoms. The van der Waals surface area contributed by atoms with E-state index in [0.717, 1.165) is 5.17 Å². The molecule has 1 aliphatic heterocycles. The van der Waals surface area contributed by atoms with Gasteiger partial charge < -0.3 is 9.84 Å². The van der Waals surface area contributed by atoms with Crippen LogP contribution >= 0.6 is 0 Å². The van der Waals surface area contributed by atoms with Crippen LogP contribution in [0.4, 0.5) is 4.79 Å². The highest BCUT2D eigenvalue weighted by Crippen LogP contribution is 2.09. The lowest BCUT2D eigenvalue weighted by atomic mass is 10.2. The predicted molar refractivity (Wildman–Crippen MR) is 49.1 cm³/mol. The topological polar surface area (TPSA) is 80.3 Å². The number of amides is 1. The molecule has 1 aliphatic rings. The van der Waals surface area contributed by atoms with E-state index in [-0.39, 0.29) is 13.2 Å². The van der Waals surface area contributed by atoms with Gasteiger partial charge in [0, 0.05) is 0 Å². The second-order valence-corrected chi connectivity index (χ2v) is 4.15. The Hall–Kier alpha value is -0.890. The highest BCUT2D eigenvalue weighted by Gasteiger charge is 2.27. The van der Waals surface area contributed by atoms with Crippen LogP contribution in [0, 0.1) is 0 Å². The van der Waals surface area contributed by atoms with E-state index in [1.54, 1.807) is 20.8 Å². The van der Waals surface area contributed by atoms with Crippen LogP contribution in [0.3, 0.4) is 0 Å². The lowest BCUT2D eigenvalue weighted by Crippen LogP contribution is -2.43. The van der Waals surface area contributed by atoms with Crippen LogP contribution in [0.25, 0.3) is 0 Å². The lowest BCUT2D eigenvalue weighted by molar-refractivity contribution is -0.395. The molecule has 0 aromatic rings. The molecular weight excluding hydrogens is 204 g/mol. The van der Waals surface area contributed by atoms with Crippen LogP contribution in [0.15, 0.2) is 0 Å². The molecule has 7 nitrogen and oxygen atoms in total. The van der Waals surface area contributed by atoms with Gasteiger partial charge in [0.1, 0.15) is 11.7 Å². The molecule has 1 rings (SSSR count). The van der Waals surface area contributed by atoms with E-state index in [0.29, 0.717) is 0 Å². The number of nitrogens with one attached hydrogen (secondary N) is 1. The number of hydrogen-bond donors (Lipinski definition) is 2. The Bertz CT molecular complexity index is 228. The molecule has 0 spiro atoms. The van der Waals surface area contributed by atoms with Gasteiger partial charge in [-0.05, 0) is 20.8 Å². The predicted octanol–water partition coefficient (Wildman–Crippen LogP) is -0.0342. The van der Waals surface area contributed by atoms with E-state index < -0.39 is 17.8 Å². The smallest absolute Gasteiger partial charge is 0.424 e. The van der Waals surface area contributed by atoms with Crippen molar-refractivity contribution < 1.29 is 24.5 Å². The summed E-state index contributed by atoms with van der Waals surface area (Å²) in [5, 5.41) is 9.79. The summed E-state index contributed by atoms with van der Waals surface area (Å²) in [5.41, 5.74) is 1.75. The summed E-state index contributed by atoms with van der Waals surface area (Å²) in [6.45, 7) is 5.33. The van der Waals surface area contributed by atoms with Crippen LogP contribution < -0.4 is 5.43 Å². The molecule has 0 aromatic carbocycles. The maximum atomic E-state index is 11.2. The van der Waals surface area contributed by atoms with E-state index >= 15 is 0 Å². The van der Waals surface area contributed by atoms with Crippen molar-refractivity contribution >= 4 is 6.09 Å². The highest BCUT2D eigenvalue weighted by molar-refractivity contribution is 5.66. The molecule has 1 amide bonds. The second kappa shape index (κ2) is 4.75. The summed E-state index contributed by atoms with van der Waals surface area (Å²) in [7, 11) is 0. The SMILES string of the molecule is CC(C)(C)OC(=O)NN1CC(CO)OO1. The lowest BCUT2D eigenvalue weighted by Gasteiger charge is -2.21. The number of hydrazine groups is 1. The molecule has 0 aromatic heterocycles. The molecule has 2 N–H and O–H groups in total. The van der Waals surface area contributed by atoms with Crippen molar-refractivity contribution in [3.63, 3.8) is 0 Å². The summed E-state index contributed by atoms with van der Waals surface area (Å²) < 4.78 is 4.98. The molecule has 0 radical (unpaired) electrons. The van der Waals surface area contributed by atoms with Gasteiger partial charge in [-0.1, -0.05) is 5.17 Å². The van der Waals surface area contributed by atoms with E-state index in [9.17, 15) is 4.79 Å². The largest absolute Gasteiger partial charge is 0.443 e. The van der Waals surface area contributed by atoms with Gasteiger partial charge in [-0.25, -0.2) is 15.1 Å². The third kappa shape index (κ3) is 4.43. The molecular formula is C8H16N2O5. The van der Waals surface area contributed by atoms with Gasteiger partial charge in [0.15, 0.2) is 0 Å². The first-order valence-corrected chi connectivity index (χ1v) is 4.62. The third-order valence-corrected chi connectivity index (χ3v) is 1.46. The van der Waals surface area contributed by atoms with Gasteiger partial charge in [-0.3, -0.25) is 0 Å². The Morgan fingerprint density at radius 3 is 2.80 bits per heavy atom. The standard InChI is InChI=1S/C8H16N2O5/c1-8(2,3)13-7(12)9-10-4-6(5-11)14-15-10/h6,11H,4-5H2,1-3H3,(H,9,12). The van der Waals surface area contributed by atoms with Crippen LogP contribution in [0.5, 0.6) is 0 Å². The van der Waals surface area contributed by atoms with Crippen LogP contribution in [0.2, 0.25) is 0 Å². The van der Waals surface area contributed by atoms with E-state index in [1.807, 2.05) is 0 Å². The zero-order valence-electron chi connectivity index (χ0n) is 9.02. The monoisotopic (exact) mass is 220 g/mol. The Labute approximate surface area is 87.7 Å². The molecule has 1 heterocycles. The second-order valence-electron chi connectivity index (χ2n) is 4.15. The fourth-order valence-electron chi connectivity index (χ4n) is 0.914. The summed E-state index contributed by atoms with van der Waals surface area (Å²) in [6, 6.07) is 0. The molecule has 0 bridgehead atoms. The number of rotatable bonds is 2. The third-order valence-electron chi connectivity index (χ3n) is 1.46.